The lowest BCUT2D eigenvalue weighted by molar-refractivity contribution is 0.102. The van der Waals surface area contributed by atoms with Gasteiger partial charge in [0.05, 0.1) is 17.1 Å². The molecule has 1 fully saturated rings. The highest BCUT2D eigenvalue weighted by Crippen LogP contribution is 2.26. The van der Waals surface area contributed by atoms with Crippen LogP contribution < -0.4 is 0 Å². The molecule has 5 heteroatoms. The third-order valence-corrected chi connectivity index (χ3v) is 4.25. The Balaban J connectivity index is 2.01. The average molecular weight is 297 g/mol. The molecule has 1 saturated heterocycles. The number of benzene rings is 1. The van der Waals surface area contributed by atoms with Gasteiger partial charge in [0.2, 0.25) is 0 Å². The Morgan fingerprint density at radius 3 is 3.05 bits per heavy atom. The molecule has 1 aromatic carbocycles. The van der Waals surface area contributed by atoms with E-state index in [-0.39, 0.29) is 11.9 Å². The van der Waals surface area contributed by atoms with Crippen LogP contribution in [0.25, 0.3) is 11.0 Å². The maximum absolute atomic E-state index is 13.5. The van der Waals surface area contributed by atoms with E-state index in [4.69, 9.17) is 16.3 Å². The molecule has 0 N–H and O–H groups in total. The number of ether oxygens (including phenoxy) is 1. The molecule has 1 aromatic heterocycles. The van der Waals surface area contributed by atoms with Gasteiger partial charge in [0, 0.05) is 31.4 Å². The first kappa shape index (κ1) is 13.8. The van der Waals surface area contributed by atoms with Crippen molar-refractivity contribution in [2.24, 2.45) is 5.92 Å². The van der Waals surface area contributed by atoms with Crippen LogP contribution in [0.3, 0.4) is 0 Å². The fourth-order valence-corrected chi connectivity index (χ4v) is 3.04. The molecular weight excluding hydrogens is 279 g/mol. The molecule has 2 atom stereocenters. The molecule has 2 unspecified atom stereocenters. The highest BCUT2D eigenvalue weighted by atomic mass is 35.5. The van der Waals surface area contributed by atoms with Gasteiger partial charge in [-0.05, 0) is 31.5 Å². The fourth-order valence-electron chi connectivity index (χ4n) is 2.88. The summed E-state index contributed by atoms with van der Waals surface area (Å²) < 4.78 is 21.2. The van der Waals surface area contributed by atoms with Crippen molar-refractivity contribution in [3.05, 3.63) is 29.8 Å². The molecular formula is C15H18ClFN2O. The molecule has 0 amide bonds. The molecule has 0 radical (unpaired) electrons. The van der Waals surface area contributed by atoms with Crippen molar-refractivity contribution in [1.82, 2.24) is 9.55 Å². The van der Waals surface area contributed by atoms with Crippen LogP contribution in [0.15, 0.2) is 18.2 Å². The molecule has 1 aliphatic heterocycles. The maximum atomic E-state index is 13.5. The Kier molecular flexibility index (Phi) is 3.94. The van der Waals surface area contributed by atoms with E-state index in [1.54, 1.807) is 12.1 Å². The lowest BCUT2D eigenvalue weighted by atomic mass is 10.0. The number of alkyl halides is 1. The quantitative estimate of drug-likeness (QED) is 0.809. The second-order valence-corrected chi connectivity index (χ2v) is 5.71. The molecule has 2 heterocycles. The van der Waals surface area contributed by atoms with Crippen LogP contribution in [0.5, 0.6) is 0 Å². The van der Waals surface area contributed by atoms with Gasteiger partial charge in [-0.25, -0.2) is 9.37 Å². The van der Waals surface area contributed by atoms with E-state index in [0.717, 1.165) is 36.4 Å². The van der Waals surface area contributed by atoms with Gasteiger partial charge in [-0.3, -0.25) is 0 Å². The highest BCUT2D eigenvalue weighted by molar-refractivity contribution is 6.17. The zero-order valence-corrected chi connectivity index (χ0v) is 12.2. The van der Waals surface area contributed by atoms with Crippen molar-refractivity contribution >= 4 is 22.6 Å². The van der Waals surface area contributed by atoms with Crippen LogP contribution >= 0.6 is 11.6 Å². The number of aromatic nitrogens is 2. The van der Waals surface area contributed by atoms with Gasteiger partial charge in [-0.1, -0.05) is 0 Å². The van der Waals surface area contributed by atoms with Crippen molar-refractivity contribution < 1.29 is 9.13 Å². The van der Waals surface area contributed by atoms with E-state index in [2.05, 4.69) is 16.5 Å². The van der Waals surface area contributed by atoms with E-state index in [1.165, 1.54) is 6.07 Å². The van der Waals surface area contributed by atoms with E-state index < -0.39 is 0 Å². The molecule has 0 aliphatic carbocycles. The van der Waals surface area contributed by atoms with Gasteiger partial charge >= 0.3 is 0 Å². The topological polar surface area (TPSA) is 27.1 Å². The van der Waals surface area contributed by atoms with Gasteiger partial charge in [0.25, 0.3) is 0 Å². The van der Waals surface area contributed by atoms with E-state index in [1.807, 2.05) is 0 Å². The van der Waals surface area contributed by atoms with E-state index in [9.17, 15) is 4.39 Å². The number of aryl methyl sites for hydroxylation is 1. The first-order valence-electron chi connectivity index (χ1n) is 7.01. The lowest BCUT2D eigenvalue weighted by Crippen LogP contribution is -2.19. The monoisotopic (exact) mass is 296 g/mol. The number of halogens is 2. The summed E-state index contributed by atoms with van der Waals surface area (Å²) in [5.41, 5.74) is 1.68. The molecule has 0 bridgehead atoms. The largest absolute Gasteiger partial charge is 0.378 e. The van der Waals surface area contributed by atoms with Crippen molar-refractivity contribution in [1.29, 1.82) is 0 Å². The zero-order valence-electron chi connectivity index (χ0n) is 11.5. The summed E-state index contributed by atoms with van der Waals surface area (Å²) in [4.78, 5) is 4.58. The summed E-state index contributed by atoms with van der Waals surface area (Å²) in [7, 11) is 0. The van der Waals surface area contributed by atoms with Gasteiger partial charge < -0.3 is 9.30 Å². The average Bonchev–Trinajstić information content (AvgIpc) is 2.96. The minimum absolute atomic E-state index is 0.230. The van der Waals surface area contributed by atoms with E-state index in [0.29, 0.717) is 18.2 Å². The van der Waals surface area contributed by atoms with Crippen LogP contribution in [-0.4, -0.2) is 28.1 Å². The molecule has 2 aromatic rings. The second kappa shape index (κ2) is 5.70. The summed E-state index contributed by atoms with van der Waals surface area (Å²) in [6.07, 6.45) is 1.97. The Morgan fingerprint density at radius 1 is 1.50 bits per heavy atom. The molecule has 3 rings (SSSR count). The van der Waals surface area contributed by atoms with Gasteiger partial charge in [-0.15, -0.1) is 11.6 Å². The van der Waals surface area contributed by atoms with Crippen LogP contribution in [0.4, 0.5) is 4.39 Å². The molecule has 108 valence electrons. The Labute approximate surface area is 122 Å². The third-order valence-electron chi connectivity index (χ3n) is 4.06. The summed E-state index contributed by atoms with van der Waals surface area (Å²) >= 11 is 5.86. The predicted octanol–water partition coefficient (Wildman–Crippen LogP) is 3.38. The lowest BCUT2D eigenvalue weighted by Gasteiger charge is -2.17. The van der Waals surface area contributed by atoms with Gasteiger partial charge in [0.15, 0.2) is 0 Å². The minimum Gasteiger partial charge on any atom is -0.378 e. The first-order valence-corrected chi connectivity index (χ1v) is 7.54. The summed E-state index contributed by atoms with van der Waals surface area (Å²) in [5, 5.41) is 0. The Morgan fingerprint density at radius 2 is 2.35 bits per heavy atom. The minimum atomic E-state index is -0.230. The van der Waals surface area contributed by atoms with E-state index >= 15 is 0 Å². The smallest absolute Gasteiger partial charge is 0.125 e. The van der Waals surface area contributed by atoms with Crippen molar-refractivity contribution in [3.8, 4) is 0 Å². The standard InChI is InChI=1S/C15H18ClFN2O/c1-10-11(5-7-20-10)9-19-14-8-12(17)2-3-13(14)18-15(19)4-6-16/h2-3,8,10-11H,4-7,9H2,1H3. The summed E-state index contributed by atoms with van der Waals surface area (Å²) in [6, 6.07) is 4.74. The summed E-state index contributed by atoms with van der Waals surface area (Å²) in [6.45, 7) is 3.71. The SMILES string of the molecule is CC1OCCC1Cn1c(CCCl)nc2ccc(F)cc21. The molecule has 0 saturated carbocycles. The second-order valence-electron chi connectivity index (χ2n) is 5.34. The number of rotatable bonds is 4. The Hall–Kier alpha value is -1.13. The Bertz CT molecular complexity index is 613. The van der Waals surface area contributed by atoms with Crippen molar-refractivity contribution in [2.75, 3.05) is 12.5 Å². The normalized spacial score (nSPS) is 22.8. The van der Waals surface area contributed by atoms with Crippen LogP contribution in [0.2, 0.25) is 0 Å². The molecule has 20 heavy (non-hydrogen) atoms. The predicted molar refractivity (Wildman–Crippen MR) is 77.6 cm³/mol. The molecule has 0 spiro atoms. The zero-order chi connectivity index (χ0) is 14.1. The summed E-state index contributed by atoms with van der Waals surface area (Å²) in [5.74, 6) is 1.67. The van der Waals surface area contributed by atoms with Crippen LogP contribution in [-0.2, 0) is 17.7 Å². The third kappa shape index (κ3) is 2.54. The maximum Gasteiger partial charge on any atom is 0.125 e. The fraction of sp³-hybridized carbons (Fsp3) is 0.533. The molecule has 1 aliphatic rings. The van der Waals surface area contributed by atoms with Crippen molar-refractivity contribution in [3.63, 3.8) is 0 Å². The first-order chi connectivity index (χ1) is 9.69. The highest BCUT2D eigenvalue weighted by Gasteiger charge is 2.26. The van der Waals surface area contributed by atoms with Crippen LogP contribution in [0.1, 0.15) is 19.2 Å². The number of imidazole rings is 1. The van der Waals surface area contributed by atoms with Crippen LogP contribution in [0, 0.1) is 11.7 Å². The number of hydrogen-bond donors (Lipinski definition) is 0. The van der Waals surface area contributed by atoms with Gasteiger partial charge in [-0.2, -0.15) is 0 Å². The van der Waals surface area contributed by atoms with Gasteiger partial charge in [0.1, 0.15) is 11.6 Å². The molecule has 3 nitrogen and oxygen atoms in total. The number of fused-ring (bicyclic) bond motifs is 1. The number of hydrogen-bond acceptors (Lipinski definition) is 2. The number of nitrogens with zero attached hydrogens (tertiary/aromatic N) is 2. The van der Waals surface area contributed by atoms with Crippen molar-refractivity contribution in [2.45, 2.75) is 32.4 Å².